The highest BCUT2D eigenvalue weighted by Crippen LogP contribution is 2.24. The largest absolute Gasteiger partial charge is 0.497 e. The molecule has 0 heterocycles. The van der Waals surface area contributed by atoms with Crippen LogP contribution in [0.2, 0.25) is 5.02 Å². The first kappa shape index (κ1) is 21.0. The average molecular weight is 414 g/mol. The van der Waals surface area contributed by atoms with Gasteiger partial charge >= 0.3 is 5.97 Å². The lowest BCUT2D eigenvalue weighted by Crippen LogP contribution is -2.26. The molecule has 0 atom stereocenters. The first-order valence-electron chi connectivity index (χ1n) is 7.97. The molecule has 9 heteroatoms. The van der Waals surface area contributed by atoms with Gasteiger partial charge in [0.05, 0.1) is 25.5 Å². The average Bonchev–Trinajstić information content (AvgIpc) is 2.66. The van der Waals surface area contributed by atoms with Crippen LogP contribution >= 0.6 is 11.6 Å². The second kappa shape index (κ2) is 9.59. The molecule has 146 valence electrons. The van der Waals surface area contributed by atoms with Crippen LogP contribution in [-0.4, -0.2) is 35.2 Å². The van der Waals surface area contributed by atoms with Crippen LogP contribution < -0.4 is 14.2 Å². The van der Waals surface area contributed by atoms with Crippen molar-refractivity contribution in [3.63, 3.8) is 0 Å². The van der Waals surface area contributed by atoms with Crippen molar-refractivity contribution >= 4 is 27.6 Å². The highest BCUT2D eigenvalue weighted by Gasteiger charge is 2.15. The molecule has 0 unspecified atom stereocenters. The third-order valence-corrected chi connectivity index (χ3v) is 5.35. The van der Waals surface area contributed by atoms with E-state index in [1.165, 1.54) is 38.5 Å². The molecule has 0 amide bonds. The Hall–Kier alpha value is -2.29. The lowest BCUT2D eigenvalue weighted by Gasteiger charge is -2.11. The van der Waals surface area contributed by atoms with E-state index in [1.54, 1.807) is 18.2 Å². The Morgan fingerprint density at radius 1 is 1.07 bits per heavy atom. The molecular formula is C18H20ClNO6S. The fourth-order valence-corrected chi connectivity index (χ4v) is 3.37. The van der Waals surface area contributed by atoms with E-state index < -0.39 is 16.0 Å². The summed E-state index contributed by atoms with van der Waals surface area (Å²) in [6.07, 6.45) is -0.112. The molecule has 7 nitrogen and oxygen atoms in total. The van der Waals surface area contributed by atoms with Gasteiger partial charge in [-0.3, -0.25) is 4.79 Å². The minimum atomic E-state index is -3.71. The number of ether oxygens (including phenoxy) is 3. The Morgan fingerprint density at radius 2 is 1.78 bits per heavy atom. The number of hydrogen-bond donors (Lipinski definition) is 1. The van der Waals surface area contributed by atoms with E-state index in [4.69, 9.17) is 25.8 Å². The number of methoxy groups -OCH3 is 2. The van der Waals surface area contributed by atoms with E-state index in [9.17, 15) is 13.2 Å². The van der Waals surface area contributed by atoms with Gasteiger partial charge in [0, 0.05) is 17.1 Å². The summed E-state index contributed by atoms with van der Waals surface area (Å²) >= 11 is 5.74. The van der Waals surface area contributed by atoms with Crippen LogP contribution in [-0.2, 0) is 26.2 Å². The molecule has 27 heavy (non-hydrogen) atoms. The standard InChI is InChI=1S/C18H20ClNO6S/c1-24-15-5-8-17(25-2)13(11-15)12-26-18(21)9-10-20-27(22,23)16-6-3-14(19)4-7-16/h3-8,11,20H,9-10,12H2,1-2H3. The number of sulfonamides is 1. The number of carbonyl (C=O) groups excluding carboxylic acids is 1. The summed E-state index contributed by atoms with van der Waals surface area (Å²) in [5.74, 6) is 0.628. The van der Waals surface area contributed by atoms with E-state index in [0.717, 1.165) is 0 Å². The maximum absolute atomic E-state index is 12.1. The topological polar surface area (TPSA) is 90.9 Å². The van der Waals surface area contributed by atoms with Crippen LogP contribution in [0.5, 0.6) is 11.5 Å². The van der Waals surface area contributed by atoms with Gasteiger partial charge in [-0.2, -0.15) is 0 Å². The van der Waals surface area contributed by atoms with Gasteiger partial charge in [0.25, 0.3) is 0 Å². The molecule has 0 aliphatic carbocycles. The van der Waals surface area contributed by atoms with Crippen molar-refractivity contribution in [1.29, 1.82) is 0 Å². The van der Waals surface area contributed by atoms with Crippen LogP contribution in [0.4, 0.5) is 0 Å². The van der Waals surface area contributed by atoms with Gasteiger partial charge in [-0.15, -0.1) is 0 Å². The van der Waals surface area contributed by atoms with E-state index in [0.29, 0.717) is 22.1 Å². The molecule has 0 aliphatic rings. The van der Waals surface area contributed by atoms with Gasteiger partial charge in [-0.1, -0.05) is 11.6 Å². The van der Waals surface area contributed by atoms with E-state index in [-0.39, 0.29) is 24.5 Å². The fraction of sp³-hybridized carbons (Fsp3) is 0.278. The number of nitrogens with one attached hydrogen (secondary N) is 1. The summed E-state index contributed by atoms with van der Waals surface area (Å²) in [7, 11) is -0.668. The van der Waals surface area contributed by atoms with E-state index in [1.807, 2.05) is 0 Å². The summed E-state index contributed by atoms with van der Waals surface area (Å²) in [6.45, 7) is -0.0951. The maximum atomic E-state index is 12.1. The molecule has 0 saturated heterocycles. The normalized spacial score (nSPS) is 11.1. The Balaban J connectivity index is 1.85. The van der Waals surface area contributed by atoms with E-state index in [2.05, 4.69) is 4.72 Å². The number of benzene rings is 2. The molecule has 2 aromatic carbocycles. The van der Waals surface area contributed by atoms with Gasteiger partial charge in [0.1, 0.15) is 18.1 Å². The van der Waals surface area contributed by atoms with Crippen molar-refractivity contribution < 1.29 is 27.4 Å². The highest BCUT2D eigenvalue weighted by molar-refractivity contribution is 7.89. The number of hydrogen-bond acceptors (Lipinski definition) is 6. The van der Waals surface area contributed by atoms with Crippen molar-refractivity contribution in [2.24, 2.45) is 0 Å². The van der Waals surface area contributed by atoms with Gasteiger partial charge in [-0.25, -0.2) is 13.1 Å². The SMILES string of the molecule is COc1ccc(OC)c(COC(=O)CCNS(=O)(=O)c2ccc(Cl)cc2)c1. The summed E-state index contributed by atoms with van der Waals surface area (Å²) in [5, 5.41) is 0.436. The molecule has 0 aliphatic heterocycles. The summed E-state index contributed by atoms with van der Waals surface area (Å²) in [4.78, 5) is 12.0. The van der Waals surface area contributed by atoms with Crippen LogP contribution in [0, 0.1) is 0 Å². The molecule has 0 spiro atoms. The zero-order valence-electron chi connectivity index (χ0n) is 14.9. The number of rotatable bonds is 9. The maximum Gasteiger partial charge on any atom is 0.307 e. The minimum Gasteiger partial charge on any atom is -0.497 e. The van der Waals surface area contributed by atoms with Crippen molar-refractivity contribution in [2.45, 2.75) is 17.9 Å². The van der Waals surface area contributed by atoms with Crippen molar-refractivity contribution in [3.8, 4) is 11.5 Å². The predicted octanol–water partition coefficient (Wildman–Crippen LogP) is 2.77. The summed E-state index contributed by atoms with van der Waals surface area (Å²) < 4.78 is 42.1. The monoisotopic (exact) mass is 413 g/mol. The Bertz CT molecular complexity index is 883. The predicted molar refractivity (Wildman–Crippen MR) is 101 cm³/mol. The molecule has 0 fully saturated rings. The first-order valence-corrected chi connectivity index (χ1v) is 9.83. The zero-order chi connectivity index (χ0) is 19.9. The Labute approximate surface area is 163 Å². The van der Waals surface area contributed by atoms with Crippen molar-refractivity contribution in [1.82, 2.24) is 4.72 Å². The molecule has 0 aromatic heterocycles. The third kappa shape index (κ3) is 6.13. The fourth-order valence-electron chi connectivity index (χ4n) is 2.21. The van der Waals surface area contributed by atoms with Gasteiger partial charge in [0.2, 0.25) is 10.0 Å². The lowest BCUT2D eigenvalue weighted by atomic mass is 10.2. The Kier molecular flexibility index (Phi) is 7.46. The second-order valence-electron chi connectivity index (χ2n) is 5.44. The highest BCUT2D eigenvalue weighted by atomic mass is 35.5. The van der Waals surface area contributed by atoms with Gasteiger partial charge in [-0.05, 0) is 42.5 Å². The smallest absolute Gasteiger partial charge is 0.307 e. The van der Waals surface area contributed by atoms with Gasteiger partial charge < -0.3 is 14.2 Å². The van der Waals surface area contributed by atoms with E-state index >= 15 is 0 Å². The third-order valence-electron chi connectivity index (χ3n) is 3.62. The molecule has 2 rings (SSSR count). The van der Waals surface area contributed by atoms with Crippen LogP contribution in [0.15, 0.2) is 47.4 Å². The molecular weight excluding hydrogens is 394 g/mol. The zero-order valence-corrected chi connectivity index (χ0v) is 16.5. The quantitative estimate of drug-likeness (QED) is 0.635. The number of carbonyl (C=O) groups is 1. The molecule has 0 saturated carbocycles. The lowest BCUT2D eigenvalue weighted by molar-refractivity contribution is -0.144. The molecule has 1 N–H and O–H groups in total. The first-order chi connectivity index (χ1) is 12.9. The summed E-state index contributed by atoms with van der Waals surface area (Å²) in [6, 6.07) is 10.9. The van der Waals surface area contributed by atoms with Crippen LogP contribution in [0.3, 0.4) is 0 Å². The van der Waals surface area contributed by atoms with Crippen LogP contribution in [0.25, 0.3) is 0 Å². The van der Waals surface area contributed by atoms with Crippen molar-refractivity contribution in [2.75, 3.05) is 20.8 Å². The number of esters is 1. The number of halogens is 1. The Morgan fingerprint density at radius 3 is 2.41 bits per heavy atom. The second-order valence-corrected chi connectivity index (χ2v) is 7.64. The molecule has 2 aromatic rings. The molecule has 0 bridgehead atoms. The van der Waals surface area contributed by atoms with Gasteiger partial charge in [0.15, 0.2) is 0 Å². The van der Waals surface area contributed by atoms with Crippen LogP contribution in [0.1, 0.15) is 12.0 Å². The summed E-state index contributed by atoms with van der Waals surface area (Å²) in [5.41, 5.74) is 0.645. The minimum absolute atomic E-state index is 0.0108. The molecule has 0 radical (unpaired) electrons. The van der Waals surface area contributed by atoms with Crippen molar-refractivity contribution in [3.05, 3.63) is 53.1 Å².